The van der Waals surface area contributed by atoms with Gasteiger partial charge in [-0.05, 0) is 48.6 Å². The molecule has 1 aliphatic rings. The maximum absolute atomic E-state index is 13.3. The molecule has 2 amide bonds. The van der Waals surface area contributed by atoms with Crippen LogP contribution in [-0.4, -0.2) is 46.3 Å². The van der Waals surface area contributed by atoms with E-state index < -0.39 is 5.41 Å². The van der Waals surface area contributed by atoms with Crippen LogP contribution in [0.1, 0.15) is 29.4 Å². The van der Waals surface area contributed by atoms with Gasteiger partial charge in [0.1, 0.15) is 11.5 Å². The zero-order chi connectivity index (χ0) is 22.6. The molecule has 1 saturated heterocycles. The molecule has 0 radical (unpaired) electrons. The van der Waals surface area contributed by atoms with Gasteiger partial charge in [0.2, 0.25) is 5.91 Å². The number of hydrogen-bond acceptors (Lipinski definition) is 4. The van der Waals surface area contributed by atoms with Gasteiger partial charge >= 0.3 is 0 Å². The Balaban J connectivity index is 1.59. The van der Waals surface area contributed by atoms with E-state index in [1.807, 2.05) is 31.2 Å². The zero-order valence-corrected chi connectivity index (χ0v) is 17.9. The predicted molar refractivity (Wildman–Crippen MR) is 119 cm³/mol. The van der Waals surface area contributed by atoms with Crippen molar-refractivity contribution in [1.82, 2.24) is 20.2 Å². The molecule has 0 saturated carbocycles. The minimum atomic E-state index is -0.727. The molecule has 3 aromatic rings. The summed E-state index contributed by atoms with van der Waals surface area (Å²) in [4.78, 5) is 35.8. The largest absolute Gasteiger partial charge is 0.356 e. The van der Waals surface area contributed by atoms with Gasteiger partial charge < -0.3 is 10.2 Å². The van der Waals surface area contributed by atoms with Crippen molar-refractivity contribution >= 4 is 11.8 Å². The number of rotatable bonds is 6. The summed E-state index contributed by atoms with van der Waals surface area (Å²) in [6.07, 6.45) is 5.51. The highest BCUT2D eigenvalue weighted by molar-refractivity contribution is 5.93. The lowest BCUT2D eigenvalue weighted by Gasteiger charge is -2.28. The van der Waals surface area contributed by atoms with Gasteiger partial charge in [-0.15, -0.1) is 0 Å². The molecule has 1 aliphatic heterocycles. The quantitative estimate of drug-likeness (QED) is 0.647. The van der Waals surface area contributed by atoms with E-state index in [1.165, 1.54) is 30.7 Å². The molecular weight excluding hydrogens is 407 g/mol. The number of benzene rings is 2. The lowest BCUT2D eigenvalue weighted by molar-refractivity contribution is -0.130. The topological polar surface area (TPSA) is 75.2 Å². The Morgan fingerprint density at radius 1 is 1.12 bits per heavy atom. The lowest BCUT2D eigenvalue weighted by atomic mass is 9.79. The molecule has 1 aromatic heterocycles. The molecule has 0 spiro atoms. The van der Waals surface area contributed by atoms with Crippen molar-refractivity contribution in [3.05, 3.63) is 84.2 Å². The van der Waals surface area contributed by atoms with Gasteiger partial charge in [-0.2, -0.15) is 0 Å². The van der Waals surface area contributed by atoms with Crippen LogP contribution in [0.25, 0.3) is 11.1 Å². The molecule has 6 nitrogen and oxygen atoms in total. The lowest BCUT2D eigenvalue weighted by Crippen LogP contribution is -2.45. The Morgan fingerprint density at radius 3 is 2.66 bits per heavy atom. The number of carbonyl (C=O) groups excluding carboxylic acids is 2. The first-order chi connectivity index (χ1) is 15.5. The fourth-order valence-electron chi connectivity index (χ4n) is 4.27. The van der Waals surface area contributed by atoms with E-state index in [9.17, 15) is 14.0 Å². The molecule has 1 fully saturated rings. The third kappa shape index (κ3) is 4.51. The van der Waals surface area contributed by atoms with E-state index >= 15 is 0 Å². The molecule has 2 heterocycles. The van der Waals surface area contributed by atoms with Crippen LogP contribution in [0.5, 0.6) is 0 Å². The fourth-order valence-corrected chi connectivity index (χ4v) is 4.27. The van der Waals surface area contributed by atoms with Crippen molar-refractivity contribution in [2.75, 3.05) is 19.6 Å². The monoisotopic (exact) mass is 432 g/mol. The summed E-state index contributed by atoms with van der Waals surface area (Å²) in [5.41, 5.74) is 2.41. The van der Waals surface area contributed by atoms with Gasteiger partial charge in [0.05, 0.1) is 11.6 Å². The SMILES string of the molecule is CCNC(=O)C1(Cc2cccc(-c3ccc(F)cc3)c2)CCN(C(=O)c2cnccn2)C1. The molecule has 1 unspecified atom stereocenters. The highest BCUT2D eigenvalue weighted by atomic mass is 19.1. The van der Waals surface area contributed by atoms with Crippen molar-refractivity contribution in [2.45, 2.75) is 19.8 Å². The van der Waals surface area contributed by atoms with Crippen LogP contribution >= 0.6 is 0 Å². The maximum atomic E-state index is 13.3. The minimum absolute atomic E-state index is 0.0540. The third-order valence-corrected chi connectivity index (χ3v) is 5.89. The van der Waals surface area contributed by atoms with Gasteiger partial charge in [-0.1, -0.05) is 36.4 Å². The summed E-state index contributed by atoms with van der Waals surface area (Å²) in [5.74, 6) is -0.551. The summed E-state index contributed by atoms with van der Waals surface area (Å²) in [7, 11) is 0. The number of likely N-dealkylation sites (tertiary alicyclic amines) is 1. The van der Waals surface area contributed by atoms with Crippen molar-refractivity contribution in [2.24, 2.45) is 5.41 Å². The second-order valence-corrected chi connectivity index (χ2v) is 8.09. The van der Waals surface area contributed by atoms with Crippen LogP contribution in [0.15, 0.2) is 67.1 Å². The average Bonchev–Trinajstić information content (AvgIpc) is 3.25. The second kappa shape index (κ2) is 9.26. The van der Waals surface area contributed by atoms with Crippen LogP contribution in [0.2, 0.25) is 0 Å². The molecule has 4 rings (SSSR count). The number of nitrogens with zero attached hydrogens (tertiary/aromatic N) is 3. The van der Waals surface area contributed by atoms with E-state index in [-0.39, 0.29) is 23.3 Å². The van der Waals surface area contributed by atoms with Gasteiger partial charge in [-0.3, -0.25) is 14.6 Å². The summed E-state index contributed by atoms with van der Waals surface area (Å²) in [6.45, 7) is 3.20. The third-order valence-electron chi connectivity index (χ3n) is 5.89. The Hall–Kier alpha value is -3.61. The number of nitrogens with one attached hydrogen (secondary N) is 1. The molecule has 164 valence electrons. The van der Waals surface area contributed by atoms with Crippen LogP contribution in [-0.2, 0) is 11.2 Å². The normalized spacial score (nSPS) is 17.9. The van der Waals surface area contributed by atoms with E-state index in [1.54, 1.807) is 17.0 Å². The van der Waals surface area contributed by atoms with Crippen LogP contribution in [0, 0.1) is 11.2 Å². The van der Waals surface area contributed by atoms with Crippen molar-refractivity contribution in [3.63, 3.8) is 0 Å². The molecular formula is C25H25FN4O2. The standard InChI is InChI=1S/C25H25FN4O2/c1-2-28-24(32)25(10-13-30(17-25)23(31)22-16-27-11-12-29-22)15-18-4-3-5-20(14-18)19-6-8-21(26)9-7-19/h3-9,11-12,14,16H,2,10,13,15,17H2,1H3,(H,28,32). The van der Waals surface area contributed by atoms with E-state index in [4.69, 9.17) is 0 Å². The molecule has 32 heavy (non-hydrogen) atoms. The van der Waals surface area contributed by atoms with Crippen molar-refractivity contribution in [1.29, 1.82) is 0 Å². The number of hydrogen-bond donors (Lipinski definition) is 1. The van der Waals surface area contributed by atoms with Crippen LogP contribution in [0.3, 0.4) is 0 Å². The number of carbonyl (C=O) groups is 2. The van der Waals surface area contributed by atoms with Crippen LogP contribution < -0.4 is 5.32 Å². The van der Waals surface area contributed by atoms with Crippen molar-refractivity contribution < 1.29 is 14.0 Å². The molecule has 7 heteroatoms. The minimum Gasteiger partial charge on any atom is -0.356 e. The maximum Gasteiger partial charge on any atom is 0.274 e. The van der Waals surface area contributed by atoms with E-state index in [2.05, 4.69) is 15.3 Å². The average molecular weight is 432 g/mol. The number of aromatic nitrogens is 2. The first-order valence-corrected chi connectivity index (χ1v) is 10.7. The molecule has 0 bridgehead atoms. The summed E-state index contributed by atoms with van der Waals surface area (Å²) >= 11 is 0. The predicted octanol–water partition coefficient (Wildman–Crippen LogP) is 3.49. The van der Waals surface area contributed by atoms with E-state index in [0.29, 0.717) is 32.5 Å². The first kappa shape index (κ1) is 21.6. The second-order valence-electron chi connectivity index (χ2n) is 8.09. The van der Waals surface area contributed by atoms with Crippen LogP contribution in [0.4, 0.5) is 4.39 Å². The van der Waals surface area contributed by atoms with Crippen molar-refractivity contribution in [3.8, 4) is 11.1 Å². The Bertz CT molecular complexity index is 1100. The van der Waals surface area contributed by atoms with Gasteiger partial charge in [-0.25, -0.2) is 9.37 Å². The molecule has 2 aromatic carbocycles. The summed E-state index contributed by atoms with van der Waals surface area (Å²) in [6, 6.07) is 14.3. The zero-order valence-electron chi connectivity index (χ0n) is 17.9. The summed E-state index contributed by atoms with van der Waals surface area (Å²) < 4.78 is 13.3. The summed E-state index contributed by atoms with van der Waals surface area (Å²) in [5, 5.41) is 2.95. The highest BCUT2D eigenvalue weighted by Gasteiger charge is 2.46. The number of amides is 2. The first-order valence-electron chi connectivity index (χ1n) is 10.7. The Kier molecular flexibility index (Phi) is 6.25. The Labute approximate surface area is 186 Å². The Morgan fingerprint density at radius 2 is 1.94 bits per heavy atom. The van der Waals surface area contributed by atoms with E-state index in [0.717, 1.165) is 16.7 Å². The van der Waals surface area contributed by atoms with Gasteiger partial charge in [0.25, 0.3) is 5.91 Å². The molecule has 0 aliphatic carbocycles. The molecule has 1 atom stereocenters. The van der Waals surface area contributed by atoms with Gasteiger partial charge in [0, 0.05) is 32.0 Å². The molecule has 1 N–H and O–H groups in total. The highest BCUT2D eigenvalue weighted by Crippen LogP contribution is 2.36. The fraction of sp³-hybridized carbons (Fsp3) is 0.280. The van der Waals surface area contributed by atoms with Gasteiger partial charge in [0.15, 0.2) is 0 Å². The number of halogens is 1. The smallest absolute Gasteiger partial charge is 0.274 e.